The fraction of sp³-hybridized carbons (Fsp3) is 0.357. The summed E-state index contributed by atoms with van der Waals surface area (Å²) in [5.41, 5.74) is 4.85. The maximum atomic E-state index is 14.8. The van der Waals surface area contributed by atoms with E-state index in [1.54, 1.807) is 42.0 Å². The standard InChI is InChI=1S/C28H33F2N7/c1-4-20-5-7-22(26(30)25(20)29)24-18-33-28-27(32-10-12-37(24)28)34-21-6-8-23(19(2)17-21)36-15-13-35(14-16-36)11-9-31-3/h5-8,10,12,17-18,31H,4,9,11,13-16H2,1-3H3,(H,32,34). The Labute approximate surface area is 216 Å². The van der Waals surface area contributed by atoms with Crippen LogP contribution in [0, 0.1) is 18.6 Å². The van der Waals surface area contributed by atoms with Crippen molar-refractivity contribution in [2.75, 3.05) is 56.5 Å². The van der Waals surface area contributed by atoms with Crippen molar-refractivity contribution in [2.24, 2.45) is 0 Å². The molecule has 0 spiro atoms. The van der Waals surface area contributed by atoms with E-state index in [0.717, 1.165) is 45.0 Å². The number of nitrogens with zero attached hydrogens (tertiary/aromatic N) is 5. The van der Waals surface area contributed by atoms with Crippen molar-refractivity contribution < 1.29 is 8.78 Å². The minimum absolute atomic E-state index is 0.172. The summed E-state index contributed by atoms with van der Waals surface area (Å²) in [6.45, 7) is 10.1. The van der Waals surface area contributed by atoms with Crippen LogP contribution in [0.4, 0.5) is 26.0 Å². The fourth-order valence-electron chi connectivity index (χ4n) is 4.97. The fourth-order valence-corrected chi connectivity index (χ4v) is 4.97. The van der Waals surface area contributed by atoms with Crippen LogP contribution in [0.3, 0.4) is 0 Å². The van der Waals surface area contributed by atoms with Crippen LogP contribution in [-0.2, 0) is 6.42 Å². The van der Waals surface area contributed by atoms with Gasteiger partial charge in [0.05, 0.1) is 11.9 Å². The zero-order chi connectivity index (χ0) is 25.9. The van der Waals surface area contributed by atoms with Gasteiger partial charge in [-0.15, -0.1) is 0 Å². The first kappa shape index (κ1) is 25.1. The Bertz CT molecular complexity index is 1390. The number of aryl methyl sites for hydroxylation is 2. The van der Waals surface area contributed by atoms with Crippen LogP contribution in [0.25, 0.3) is 16.9 Å². The highest BCUT2D eigenvalue weighted by Crippen LogP contribution is 2.31. The number of hydrogen-bond donors (Lipinski definition) is 2. The lowest BCUT2D eigenvalue weighted by molar-refractivity contribution is 0.259. The molecule has 0 saturated carbocycles. The number of likely N-dealkylation sites (N-methyl/N-ethyl adjacent to an activating group) is 1. The zero-order valence-corrected chi connectivity index (χ0v) is 21.6. The van der Waals surface area contributed by atoms with Gasteiger partial charge in [-0.1, -0.05) is 13.0 Å². The molecule has 1 aliphatic heterocycles. The molecule has 7 nitrogen and oxygen atoms in total. The summed E-state index contributed by atoms with van der Waals surface area (Å²) in [4.78, 5) is 13.9. The third-order valence-electron chi connectivity index (χ3n) is 7.10. The smallest absolute Gasteiger partial charge is 0.180 e. The zero-order valence-electron chi connectivity index (χ0n) is 21.6. The molecule has 2 N–H and O–H groups in total. The molecule has 0 bridgehead atoms. The Kier molecular flexibility index (Phi) is 7.34. The van der Waals surface area contributed by atoms with Gasteiger partial charge in [-0.2, -0.15) is 0 Å². The second-order valence-corrected chi connectivity index (χ2v) is 9.43. The molecule has 0 unspecified atom stereocenters. The number of anilines is 3. The lowest BCUT2D eigenvalue weighted by Gasteiger charge is -2.36. The molecule has 1 fully saturated rings. The van der Waals surface area contributed by atoms with E-state index in [-0.39, 0.29) is 5.56 Å². The summed E-state index contributed by atoms with van der Waals surface area (Å²) in [5, 5.41) is 6.58. The molecule has 0 aliphatic carbocycles. The number of piperazine rings is 1. The second kappa shape index (κ2) is 10.8. The van der Waals surface area contributed by atoms with Crippen molar-refractivity contribution in [3.8, 4) is 11.3 Å². The van der Waals surface area contributed by atoms with Gasteiger partial charge in [-0.3, -0.25) is 9.30 Å². The number of halogens is 2. The molecule has 1 saturated heterocycles. The van der Waals surface area contributed by atoms with E-state index in [0.29, 0.717) is 29.1 Å². The number of aromatic nitrogens is 3. The largest absolute Gasteiger partial charge is 0.369 e. The normalized spacial score (nSPS) is 14.5. The molecule has 0 amide bonds. The first-order valence-corrected chi connectivity index (χ1v) is 12.8. The Morgan fingerprint density at radius 2 is 1.81 bits per heavy atom. The maximum absolute atomic E-state index is 14.8. The van der Waals surface area contributed by atoms with Crippen LogP contribution in [-0.4, -0.2) is 65.6 Å². The van der Waals surface area contributed by atoms with Gasteiger partial charge >= 0.3 is 0 Å². The molecule has 1 aliphatic rings. The number of benzene rings is 2. The average molecular weight is 506 g/mol. The molecule has 5 rings (SSSR count). The Morgan fingerprint density at radius 3 is 2.54 bits per heavy atom. The minimum Gasteiger partial charge on any atom is -0.369 e. The summed E-state index contributed by atoms with van der Waals surface area (Å²) in [6.07, 6.45) is 5.32. The second-order valence-electron chi connectivity index (χ2n) is 9.43. The van der Waals surface area contributed by atoms with Gasteiger partial charge in [0.1, 0.15) is 0 Å². The molecular weight excluding hydrogens is 472 g/mol. The van der Waals surface area contributed by atoms with Gasteiger partial charge in [0.15, 0.2) is 23.1 Å². The summed E-state index contributed by atoms with van der Waals surface area (Å²) in [6, 6.07) is 9.53. The van der Waals surface area contributed by atoms with Gasteiger partial charge in [-0.25, -0.2) is 18.7 Å². The van der Waals surface area contributed by atoms with Crippen molar-refractivity contribution in [1.29, 1.82) is 0 Å². The quantitative estimate of drug-likeness (QED) is 0.364. The van der Waals surface area contributed by atoms with Crippen LogP contribution in [0.2, 0.25) is 0 Å². The highest BCUT2D eigenvalue weighted by molar-refractivity contribution is 5.75. The monoisotopic (exact) mass is 505 g/mol. The number of fused-ring (bicyclic) bond motifs is 1. The van der Waals surface area contributed by atoms with Crippen molar-refractivity contribution in [3.63, 3.8) is 0 Å². The van der Waals surface area contributed by atoms with E-state index < -0.39 is 11.6 Å². The number of nitrogens with one attached hydrogen (secondary N) is 2. The van der Waals surface area contributed by atoms with E-state index >= 15 is 0 Å². The topological polar surface area (TPSA) is 60.7 Å². The molecule has 3 heterocycles. The van der Waals surface area contributed by atoms with E-state index in [2.05, 4.69) is 49.5 Å². The summed E-state index contributed by atoms with van der Waals surface area (Å²) < 4.78 is 31.0. The van der Waals surface area contributed by atoms with Crippen LogP contribution in [0.5, 0.6) is 0 Å². The summed E-state index contributed by atoms with van der Waals surface area (Å²) in [5.74, 6) is -1.12. The molecule has 37 heavy (non-hydrogen) atoms. The number of hydrogen-bond acceptors (Lipinski definition) is 6. The predicted molar refractivity (Wildman–Crippen MR) is 145 cm³/mol. The van der Waals surface area contributed by atoms with Gasteiger partial charge in [-0.05, 0) is 55.8 Å². The molecule has 0 radical (unpaired) electrons. The number of imidazole rings is 1. The lowest BCUT2D eigenvalue weighted by atomic mass is 10.1. The predicted octanol–water partition coefficient (Wildman–Crippen LogP) is 4.63. The van der Waals surface area contributed by atoms with Gasteiger partial charge in [0, 0.05) is 68.6 Å². The molecule has 2 aromatic carbocycles. The van der Waals surface area contributed by atoms with Crippen LogP contribution in [0.1, 0.15) is 18.1 Å². The van der Waals surface area contributed by atoms with E-state index in [4.69, 9.17) is 0 Å². The molecule has 0 atom stereocenters. The van der Waals surface area contributed by atoms with Crippen LogP contribution >= 0.6 is 0 Å². The van der Waals surface area contributed by atoms with Gasteiger partial charge in [0.25, 0.3) is 0 Å². The van der Waals surface area contributed by atoms with Crippen molar-refractivity contribution in [1.82, 2.24) is 24.6 Å². The minimum atomic E-state index is -0.860. The van der Waals surface area contributed by atoms with E-state index in [1.807, 2.05) is 13.1 Å². The van der Waals surface area contributed by atoms with Gasteiger partial charge in [0.2, 0.25) is 0 Å². The molecule has 4 aromatic rings. The first-order chi connectivity index (χ1) is 18.0. The average Bonchev–Trinajstić information content (AvgIpc) is 3.34. The van der Waals surface area contributed by atoms with Crippen molar-refractivity contribution >= 4 is 22.8 Å². The highest BCUT2D eigenvalue weighted by Gasteiger charge is 2.20. The summed E-state index contributed by atoms with van der Waals surface area (Å²) in [7, 11) is 1.99. The van der Waals surface area contributed by atoms with Crippen molar-refractivity contribution in [3.05, 3.63) is 71.7 Å². The molecular formula is C28H33F2N7. The first-order valence-electron chi connectivity index (χ1n) is 12.8. The third kappa shape index (κ3) is 5.01. The maximum Gasteiger partial charge on any atom is 0.180 e. The number of rotatable bonds is 8. The van der Waals surface area contributed by atoms with E-state index in [1.165, 1.54) is 11.3 Å². The van der Waals surface area contributed by atoms with Crippen LogP contribution < -0.4 is 15.5 Å². The van der Waals surface area contributed by atoms with Crippen LogP contribution in [0.15, 0.2) is 48.9 Å². The van der Waals surface area contributed by atoms with Gasteiger partial charge < -0.3 is 15.5 Å². The van der Waals surface area contributed by atoms with E-state index in [9.17, 15) is 8.78 Å². The Balaban J connectivity index is 1.36. The Morgan fingerprint density at radius 1 is 1.00 bits per heavy atom. The Hall–Kier alpha value is -3.56. The third-order valence-corrected chi connectivity index (χ3v) is 7.10. The molecule has 9 heteroatoms. The molecule has 194 valence electrons. The summed E-state index contributed by atoms with van der Waals surface area (Å²) >= 11 is 0. The lowest BCUT2D eigenvalue weighted by Crippen LogP contribution is -2.48. The SMILES string of the molecule is CCc1ccc(-c2cnc3c(Nc4ccc(N5CCN(CCNC)CC5)c(C)c4)nccn23)c(F)c1F. The van der Waals surface area contributed by atoms with Crippen molar-refractivity contribution in [2.45, 2.75) is 20.3 Å². The highest BCUT2D eigenvalue weighted by atomic mass is 19.2. The molecule has 2 aromatic heterocycles.